The van der Waals surface area contributed by atoms with Crippen LogP contribution in [0.3, 0.4) is 0 Å². The van der Waals surface area contributed by atoms with E-state index in [4.69, 9.17) is 9.47 Å². The van der Waals surface area contributed by atoms with Gasteiger partial charge in [0, 0.05) is 11.3 Å². The number of anilines is 1. The topological polar surface area (TPSA) is 93.1 Å². The number of methoxy groups -OCH3 is 1. The molecule has 0 aromatic heterocycles. The van der Waals surface area contributed by atoms with Gasteiger partial charge >= 0.3 is 5.97 Å². The molecule has 3 aromatic rings. The summed E-state index contributed by atoms with van der Waals surface area (Å²) in [5.41, 5.74) is 4.09. The van der Waals surface area contributed by atoms with Crippen LogP contribution in [0, 0.1) is 13.8 Å². The minimum atomic E-state index is -0.835. The summed E-state index contributed by atoms with van der Waals surface area (Å²) >= 11 is 0. The summed E-state index contributed by atoms with van der Waals surface area (Å²) in [6.07, 6.45) is 0.957. The molecule has 1 unspecified atom stereocenters. The largest absolute Gasteiger partial charge is 0.507 e. The Bertz CT molecular complexity index is 1410. The lowest BCUT2D eigenvalue weighted by Gasteiger charge is -2.26. The number of aliphatic hydroxyl groups is 1. The highest BCUT2D eigenvalue weighted by Crippen LogP contribution is 2.42. The number of nitrogens with zero attached hydrogens (tertiary/aromatic N) is 1. The summed E-state index contributed by atoms with van der Waals surface area (Å²) in [5.74, 6) is -1.43. The lowest BCUT2D eigenvalue weighted by atomic mass is 9.93. The highest BCUT2D eigenvalue weighted by atomic mass is 16.5. The molecule has 0 radical (unpaired) electrons. The summed E-state index contributed by atoms with van der Waals surface area (Å²) in [5, 5.41) is 11.4. The summed E-state index contributed by atoms with van der Waals surface area (Å²) in [4.78, 5) is 39.9. The van der Waals surface area contributed by atoms with Gasteiger partial charge in [-0.05, 0) is 67.3 Å². The Balaban J connectivity index is 1.82. The third-order valence-corrected chi connectivity index (χ3v) is 6.50. The molecule has 7 heteroatoms. The number of ether oxygens (including phenoxy) is 2. The zero-order valence-corrected chi connectivity index (χ0v) is 22.0. The third-order valence-electron chi connectivity index (χ3n) is 6.50. The molecular weight excluding hydrogens is 482 g/mol. The van der Waals surface area contributed by atoms with Gasteiger partial charge in [0.25, 0.3) is 11.7 Å². The first-order chi connectivity index (χ1) is 18.2. The standard InChI is InChI=1S/C31H31NO6/c1-5-15-38-25-14-11-23(17-20(25)3)29(34)27-28(22-8-6-7-19(2)16-22)32(31(36)30(27)35)24-12-9-21(10-13-24)18-26(33)37-4/h6-14,16-17,28,34H,5,15,18H2,1-4H3/b29-27-. The van der Waals surface area contributed by atoms with Crippen LogP contribution in [0.25, 0.3) is 5.76 Å². The molecular formula is C31H31NO6. The molecule has 0 spiro atoms. The minimum absolute atomic E-state index is 0.0147. The van der Waals surface area contributed by atoms with Gasteiger partial charge in [-0.15, -0.1) is 0 Å². The average molecular weight is 514 g/mol. The maximum Gasteiger partial charge on any atom is 0.309 e. The lowest BCUT2D eigenvalue weighted by molar-refractivity contribution is -0.139. The van der Waals surface area contributed by atoms with Crippen molar-refractivity contribution in [2.24, 2.45) is 0 Å². The highest BCUT2D eigenvalue weighted by Gasteiger charge is 2.47. The number of hydrogen-bond acceptors (Lipinski definition) is 6. The Morgan fingerprint density at radius 3 is 2.37 bits per heavy atom. The van der Waals surface area contributed by atoms with E-state index in [9.17, 15) is 19.5 Å². The van der Waals surface area contributed by atoms with Gasteiger partial charge < -0.3 is 14.6 Å². The van der Waals surface area contributed by atoms with Crippen LogP contribution in [-0.2, 0) is 25.5 Å². The van der Waals surface area contributed by atoms with Crippen LogP contribution >= 0.6 is 0 Å². The highest BCUT2D eigenvalue weighted by molar-refractivity contribution is 6.51. The summed E-state index contributed by atoms with van der Waals surface area (Å²) in [6.45, 7) is 6.39. The molecule has 0 bridgehead atoms. The number of benzene rings is 3. The number of esters is 1. The number of hydrogen-bond donors (Lipinski definition) is 1. The zero-order chi connectivity index (χ0) is 27.4. The SMILES string of the molecule is CCCOc1ccc(/C(O)=C2/C(=O)C(=O)N(c3ccc(CC(=O)OC)cc3)C2c2cccc(C)c2)cc1C. The van der Waals surface area contributed by atoms with Crippen molar-refractivity contribution in [1.29, 1.82) is 0 Å². The van der Waals surface area contributed by atoms with Crippen molar-refractivity contribution in [2.45, 2.75) is 39.7 Å². The number of rotatable bonds is 8. The summed E-state index contributed by atoms with van der Waals surface area (Å²) in [6, 6.07) is 18.7. The second-order valence-electron chi connectivity index (χ2n) is 9.33. The minimum Gasteiger partial charge on any atom is -0.507 e. The number of carbonyl (C=O) groups excluding carboxylic acids is 3. The van der Waals surface area contributed by atoms with Gasteiger partial charge in [0.1, 0.15) is 11.5 Å². The van der Waals surface area contributed by atoms with Crippen LogP contribution in [0.15, 0.2) is 72.3 Å². The molecule has 1 amide bonds. The Labute approximate surface area is 222 Å². The average Bonchev–Trinajstić information content (AvgIpc) is 3.18. The molecule has 1 saturated heterocycles. The quantitative estimate of drug-likeness (QED) is 0.187. The molecule has 1 aliphatic heterocycles. The number of aryl methyl sites for hydroxylation is 2. The maximum atomic E-state index is 13.4. The molecule has 38 heavy (non-hydrogen) atoms. The van der Waals surface area contributed by atoms with E-state index >= 15 is 0 Å². The van der Waals surface area contributed by atoms with Gasteiger partial charge in [-0.1, -0.05) is 48.9 Å². The third kappa shape index (κ3) is 5.32. The fourth-order valence-electron chi connectivity index (χ4n) is 4.59. The van der Waals surface area contributed by atoms with Crippen LogP contribution < -0.4 is 9.64 Å². The molecule has 3 aromatic carbocycles. The van der Waals surface area contributed by atoms with Crippen molar-refractivity contribution >= 4 is 29.1 Å². The van der Waals surface area contributed by atoms with E-state index in [1.807, 2.05) is 45.0 Å². The molecule has 1 aliphatic rings. The number of amides is 1. The van der Waals surface area contributed by atoms with E-state index in [1.54, 1.807) is 42.5 Å². The van der Waals surface area contributed by atoms with Crippen molar-refractivity contribution in [3.63, 3.8) is 0 Å². The number of carbonyl (C=O) groups is 3. The van der Waals surface area contributed by atoms with E-state index < -0.39 is 17.7 Å². The van der Waals surface area contributed by atoms with Crippen molar-refractivity contribution in [2.75, 3.05) is 18.6 Å². The maximum absolute atomic E-state index is 13.4. The van der Waals surface area contributed by atoms with Crippen molar-refractivity contribution < 1.29 is 29.0 Å². The van der Waals surface area contributed by atoms with Crippen LogP contribution in [0.5, 0.6) is 5.75 Å². The van der Waals surface area contributed by atoms with Crippen molar-refractivity contribution in [3.8, 4) is 5.75 Å². The van der Waals surface area contributed by atoms with E-state index in [2.05, 4.69) is 0 Å². The van der Waals surface area contributed by atoms with Gasteiger partial charge in [0.2, 0.25) is 0 Å². The molecule has 1 heterocycles. The number of Topliss-reactive ketones (excluding diaryl/α,β-unsaturated/α-hetero) is 1. The van der Waals surface area contributed by atoms with Crippen LogP contribution in [0.1, 0.15) is 47.2 Å². The normalized spacial score (nSPS) is 16.5. The van der Waals surface area contributed by atoms with E-state index in [0.29, 0.717) is 34.7 Å². The van der Waals surface area contributed by atoms with Crippen LogP contribution in [0.4, 0.5) is 5.69 Å². The molecule has 1 N–H and O–H groups in total. The molecule has 0 aliphatic carbocycles. The van der Waals surface area contributed by atoms with Gasteiger partial charge in [0.15, 0.2) is 0 Å². The smallest absolute Gasteiger partial charge is 0.309 e. The molecule has 1 atom stereocenters. The Hall–Kier alpha value is -4.39. The molecule has 0 saturated carbocycles. The monoisotopic (exact) mass is 513 g/mol. The van der Waals surface area contributed by atoms with Crippen LogP contribution in [-0.4, -0.2) is 36.5 Å². The summed E-state index contributed by atoms with van der Waals surface area (Å²) in [7, 11) is 1.32. The molecule has 196 valence electrons. The van der Waals surface area contributed by atoms with E-state index in [1.165, 1.54) is 12.0 Å². The molecule has 1 fully saturated rings. The molecule has 4 rings (SSSR count). The fourth-order valence-corrected chi connectivity index (χ4v) is 4.59. The second-order valence-corrected chi connectivity index (χ2v) is 9.33. The van der Waals surface area contributed by atoms with E-state index in [-0.39, 0.29) is 23.7 Å². The predicted octanol–water partition coefficient (Wildman–Crippen LogP) is 5.43. The predicted molar refractivity (Wildman–Crippen MR) is 145 cm³/mol. The first kappa shape index (κ1) is 26.7. The van der Waals surface area contributed by atoms with Gasteiger partial charge in [-0.3, -0.25) is 19.3 Å². The van der Waals surface area contributed by atoms with Crippen molar-refractivity contribution in [3.05, 3.63) is 100 Å². The van der Waals surface area contributed by atoms with Gasteiger partial charge in [-0.2, -0.15) is 0 Å². The second kappa shape index (κ2) is 11.3. The molecule has 7 nitrogen and oxygen atoms in total. The number of aliphatic hydroxyl groups excluding tert-OH is 1. The van der Waals surface area contributed by atoms with Crippen LogP contribution in [0.2, 0.25) is 0 Å². The van der Waals surface area contributed by atoms with Gasteiger partial charge in [-0.25, -0.2) is 0 Å². The Morgan fingerprint density at radius 2 is 1.74 bits per heavy atom. The summed E-state index contributed by atoms with van der Waals surface area (Å²) < 4.78 is 10.5. The Morgan fingerprint density at radius 1 is 1.00 bits per heavy atom. The zero-order valence-electron chi connectivity index (χ0n) is 22.0. The van der Waals surface area contributed by atoms with Gasteiger partial charge in [0.05, 0.1) is 31.8 Å². The van der Waals surface area contributed by atoms with Crippen molar-refractivity contribution in [1.82, 2.24) is 0 Å². The number of ketones is 1. The fraction of sp³-hybridized carbons (Fsp3) is 0.258. The Kier molecular flexibility index (Phi) is 7.96. The first-order valence-electron chi connectivity index (χ1n) is 12.5. The van der Waals surface area contributed by atoms with E-state index in [0.717, 1.165) is 17.5 Å². The first-order valence-corrected chi connectivity index (χ1v) is 12.5. The lowest BCUT2D eigenvalue weighted by Crippen LogP contribution is -2.29.